The summed E-state index contributed by atoms with van der Waals surface area (Å²) < 4.78 is 10.9. The summed E-state index contributed by atoms with van der Waals surface area (Å²) in [6.07, 6.45) is 2.25. The number of anilines is 1. The monoisotopic (exact) mass is 371 g/mol. The van der Waals surface area contributed by atoms with E-state index in [9.17, 15) is 4.79 Å². The van der Waals surface area contributed by atoms with Crippen molar-refractivity contribution < 1.29 is 14.1 Å². The van der Waals surface area contributed by atoms with Crippen LogP contribution in [0.4, 0.5) is 10.5 Å². The van der Waals surface area contributed by atoms with Gasteiger partial charge in [-0.1, -0.05) is 17.3 Å². The number of carbonyl (C=O) groups is 1. The molecule has 0 bridgehead atoms. The number of aromatic nitrogens is 2. The van der Waals surface area contributed by atoms with Gasteiger partial charge >= 0.3 is 6.03 Å². The average Bonchev–Trinajstić information content (AvgIpc) is 3.45. The third kappa shape index (κ3) is 4.15. The molecular weight excluding hydrogens is 346 g/mol. The summed E-state index contributed by atoms with van der Waals surface area (Å²) in [5.74, 6) is 2.57. The summed E-state index contributed by atoms with van der Waals surface area (Å²) in [7, 11) is 0. The molecule has 2 heterocycles. The van der Waals surface area contributed by atoms with E-state index >= 15 is 0 Å². The molecule has 0 spiro atoms. The van der Waals surface area contributed by atoms with Crippen LogP contribution in [0.2, 0.25) is 0 Å². The van der Waals surface area contributed by atoms with Gasteiger partial charge in [0, 0.05) is 32.1 Å². The number of benzene rings is 1. The lowest BCUT2D eigenvalue weighted by Gasteiger charge is -2.36. The topological polar surface area (TPSA) is 83.7 Å². The number of nitrogens with zero attached hydrogens (tertiary/aromatic N) is 4. The van der Waals surface area contributed by atoms with E-state index in [1.165, 1.54) is 0 Å². The van der Waals surface area contributed by atoms with Gasteiger partial charge in [0.15, 0.2) is 5.82 Å². The summed E-state index contributed by atoms with van der Waals surface area (Å²) in [5.41, 5.74) is 1.08. The summed E-state index contributed by atoms with van der Waals surface area (Å²) in [5, 5.41) is 6.84. The number of amides is 2. The zero-order chi connectivity index (χ0) is 18.6. The van der Waals surface area contributed by atoms with Crippen LogP contribution in [-0.4, -0.2) is 53.9 Å². The van der Waals surface area contributed by atoms with Crippen molar-refractivity contribution in [2.24, 2.45) is 0 Å². The molecule has 2 aromatic rings. The lowest BCUT2D eigenvalue weighted by Crippen LogP contribution is -2.51. The van der Waals surface area contributed by atoms with Crippen LogP contribution in [0, 0.1) is 0 Å². The van der Waals surface area contributed by atoms with Crippen molar-refractivity contribution in [1.82, 2.24) is 20.4 Å². The number of hydrogen-bond acceptors (Lipinski definition) is 6. The van der Waals surface area contributed by atoms with Crippen LogP contribution in [0.1, 0.15) is 37.4 Å². The average molecular weight is 371 g/mol. The molecule has 1 N–H and O–H groups in total. The summed E-state index contributed by atoms with van der Waals surface area (Å²) in [4.78, 5) is 20.8. The van der Waals surface area contributed by atoms with Crippen LogP contribution >= 0.6 is 0 Å². The molecule has 1 aliphatic heterocycles. The molecular formula is C19H25N5O3. The Kier molecular flexibility index (Phi) is 5.13. The molecule has 1 aromatic carbocycles. The molecule has 8 nitrogen and oxygen atoms in total. The zero-order valence-corrected chi connectivity index (χ0v) is 15.6. The molecule has 1 aromatic heterocycles. The van der Waals surface area contributed by atoms with E-state index in [0.717, 1.165) is 43.2 Å². The maximum Gasteiger partial charge on any atom is 0.317 e. The van der Waals surface area contributed by atoms with Crippen molar-refractivity contribution in [1.29, 1.82) is 0 Å². The maximum atomic E-state index is 12.4. The van der Waals surface area contributed by atoms with Gasteiger partial charge in [-0.05, 0) is 31.9 Å². The minimum absolute atomic E-state index is 0.0982. The fourth-order valence-corrected chi connectivity index (χ4v) is 3.26. The van der Waals surface area contributed by atoms with Crippen LogP contribution in [0.3, 0.4) is 0 Å². The van der Waals surface area contributed by atoms with E-state index in [0.29, 0.717) is 31.5 Å². The molecule has 27 heavy (non-hydrogen) atoms. The Morgan fingerprint density at radius 1 is 1.26 bits per heavy atom. The molecule has 0 radical (unpaired) electrons. The zero-order valence-electron chi connectivity index (χ0n) is 15.6. The van der Waals surface area contributed by atoms with Crippen LogP contribution < -0.4 is 15.0 Å². The van der Waals surface area contributed by atoms with E-state index in [2.05, 4.69) is 26.4 Å². The quantitative estimate of drug-likeness (QED) is 0.839. The van der Waals surface area contributed by atoms with E-state index in [4.69, 9.17) is 9.26 Å². The molecule has 144 valence electrons. The van der Waals surface area contributed by atoms with E-state index < -0.39 is 0 Å². The van der Waals surface area contributed by atoms with Crippen LogP contribution in [0.25, 0.3) is 0 Å². The Hall–Kier alpha value is -2.77. The molecule has 2 aliphatic rings. The molecule has 0 unspecified atom stereocenters. The normalized spacial score (nSPS) is 17.1. The summed E-state index contributed by atoms with van der Waals surface area (Å²) in [6.45, 7) is 5.74. The van der Waals surface area contributed by atoms with Gasteiger partial charge in [-0.3, -0.25) is 0 Å². The molecule has 4 rings (SSSR count). The second-order valence-electron chi connectivity index (χ2n) is 6.85. The highest BCUT2D eigenvalue weighted by molar-refractivity contribution is 5.74. The number of ether oxygens (including phenoxy) is 1. The van der Waals surface area contributed by atoms with Crippen molar-refractivity contribution in [2.45, 2.75) is 32.2 Å². The smallest absolute Gasteiger partial charge is 0.317 e. The fraction of sp³-hybridized carbons (Fsp3) is 0.526. The van der Waals surface area contributed by atoms with Gasteiger partial charge in [0.1, 0.15) is 5.75 Å². The Labute approximate surface area is 158 Å². The number of hydrogen-bond donors (Lipinski definition) is 1. The second kappa shape index (κ2) is 7.85. The van der Waals surface area contributed by atoms with Gasteiger partial charge in [0.2, 0.25) is 5.89 Å². The number of para-hydroxylation sites is 2. The first-order valence-corrected chi connectivity index (χ1v) is 9.56. The van der Waals surface area contributed by atoms with Crippen molar-refractivity contribution in [2.75, 3.05) is 37.7 Å². The molecule has 1 saturated heterocycles. The Morgan fingerprint density at radius 2 is 2.04 bits per heavy atom. The SMILES string of the molecule is CCOc1ccccc1N1CCN(C(=O)NCc2nc(C3CC3)no2)CC1. The minimum Gasteiger partial charge on any atom is -0.492 e. The van der Waals surface area contributed by atoms with Gasteiger partial charge in [0.25, 0.3) is 0 Å². The highest BCUT2D eigenvalue weighted by Crippen LogP contribution is 2.38. The molecule has 0 atom stereocenters. The van der Waals surface area contributed by atoms with E-state index in [1.807, 2.05) is 30.0 Å². The van der Waals surface area contributed by atoms with Crippen molar-refractivity contribution in [3.63, 3.8) is 0 Å². The first kappa shape index (κ1) is 17.6. The predicted octanol–water partition coefficient (Wildman–Crippen LogP) is 2.38. The number of urea groups is 1. The number of rotatable bonds is 6. The third-order valence-electron chi connectivity index (χ3n) is 4.89. The van der Waals surface area contributed by atoms with Gasteiger partial charge in [0.05, 0.1) is 18.8 Å². The molecule has 1 aliphatic carbocycles. The van der Waals surface area contributed by atoms with E-state index in [1.54, 1.807) is 0 Å². The van der Waals surface area contributed by atoms with Crippen LogP contribution in [0.15, 0.2) is 28.8 Å². The van der Waals surface area contributed by atoms with Crippen molar-refractivity contribution in [3.8, 4) is 5.75 Å². The van der Waals surface area contributed by atoms with Gasteiger partial charge < -0.3 is 24.4 Å². The Bertz CT molecular complexity index is 781. The maximum absolute atomic E-state index is 12.4. The van der Waals surface area contributed by atoms with Crippen LogP contribution in [-0.2, 0) is 6.54 Å². The Morgan fingerprint density at radius 3 is 2.78 bits per heavy atom. The molecule has 2 amide bonds. The molecule has 1 saturated carbocycles. The van der Waals surface area contributed by atoms with Gasteiger partial charge in [-0.2, -0.15) is 4.98 Å². The number of piperazine rings is 1. The lowest BCUT2D eigenvalue weighted by atomic mass is 10.2. The fourth-order valence-electron chi connectivity index (χ4n) is 3.26. The molecule has 2 fully saturated rings. The highest BCUT2D eigenvalue weighted by Gasteiger charge is 2.29. The highest BCUT2D eigenvalue weighted by atomic mass is 16.5. The standard InChI is InChI=1S/C19H25N5O3/c1-2-26-16-6-4-3-5-15(16)23-9-11-24(12-10-23)19(25)20-13-17-21-18(22-27-17)14-7-8-14/h3-6,14H,2,7-13H2,1H3,(H,20,25). The van der Waals surface area contributed by atoms with Crippen molar-refractivity contribution >= 4 is 11.7 Å². The number of carbonyl (C=O) groups excluding carboxylic acids is 1. The van der Waals surface area contributed by atoms with Gasteiger partial charge in [-0.25, -0.2) is 4.79 Å². The van der Waals surface area contributed by atoms with E-state index in [-0.39, 0.29) is 12.6 Å². The minimum atomic E-state index is -0.0982. The third-order valence-corrected chi connectivity index (χ3v) is 4.89. The summed E-state index contributed by atoms with van der Waals surface area (Å²) in [6, 6.07) is 7.94. The Balaban J connectivity index is 1.27. The second-order valence-corrected chi connectivity index (χ2v) is 6.85. The lowest BCUT2D eigenvalue weighted by molar-refractivity contribution is 0.192. The predicted molar refractivity (Wildman–Crippen MR) is 99.9 cm³/mol. The van der Waals surface area contributed by atoms with Gasteiger partial charge in [-0.15, -0.1) is 0 Å². The first-order chi connectivity index (χ1) is 13.2. The summed E-state index contributed by atoms with van der Waals surface area (Å²) >= 11 is 0. The largest absolute Gasteiger partial charge is 0.492 e. The van der Waals surface area contributed by atoms with Crippen molar-refractivity contribution in [3.05, 3.63) is 36.0 Å². The van der Waals surface area contributed by atoms with Crippen LogP contribution in [0.5, 0.6) is 5.75 Å². The molecule has 8 heteroatoms. The number of nitrogens with one attached hydrogen (secondary N) is 1. The first-order valence-electron chi connectivity index (χ1n) is 9.56.